The lowest BCUT2D eigenvalue weighted by atomic mass is 9.78. The summed E-state index contributed by atoms with van der Waals surface area (Å²) in [6.07, 6.45) is -4.64. The van der Waals surface area contributed by atoms with E-state index in [1.54, 1.807) is 20.8 Å². The van der Waals surface area contributed by atoms with Crippen molar-refractivity contribution in [2.24, 2.45) is 0 Å². The number of hydrogen-bond acceptors (Lipinski definition) is 4. The minimum absolute atomic E-state index is 0.0268. The maximum Gasteiger partial charge on any atom is 0.416 e. The number of carbonyl (C=O) groups excluding carboxylic acids is 2. The van der Waals surface area contributed by atoms with E-state index >= 15 is 0 Å². The fourth-order valence-electron chi connectivity index (χ4n) is 3.25. The Morgan fingerprint density at radius 2 is 1.74 bits per heavy atom. The van der Waals surface area contributed by atoms with Gasteiger partial charge >= 0.3 is 12.1 Å². The first-order chi connectivity index (χ1) is 12.6. The molecule has 146 valence electrons. The Hall–Kier alpha value is -2.77. The molecule has 5 nitrogen and oxygen atoms in total. The quantitative estimate of drug-likeness (QED) is 0.785. The number of nitrogens with one attached hydrogen (secondary N) is 2. The minimum Gasteiger partial charge on any atom is -0.466 e. The van der Waals surface area contributed by atoms with Crippen molar-refractivity contribution in [1.82, 2.24) is 10.6 Å². The van der Waals surface area contributed by atoms with Crippen LogP contribution < -0.4 is 10.6 Å². The molecule has 1 amide bonds. The molecule has 1 aromatic rings. The van der Waals surface area contributed by atoms with Crippen LogP contribution in [-0.4, -0.2) is 25.5 Å². The first-order valence-corrected chi connectivity index (χ1v) is 8.34. The monoisotopic (exact) mass is 382 g/mol. The summed E-state index contributed by atoms with van der Waals surface area (Å²) in [5, 5.41) is 5.51. The first kappa shape index (κ1) is 20.5. The molecule has 0 unspecified atom stereocenters. The Balaban J connectivity index is 2.80. The Bertz CT molecular complexity index is 826. The number of allylic oxidation sites excluding steroid dienone is 2. The van der Waals surface area contributed by atoms with Crippen LogP contribution in [0.5, 0.6) is 0 Å². The largest absolute Gasteiger partial charge is 0.466 e. The summed E-state index contributed by atoms with van der Waals surface area (Å²) in [5.74, 6) is -2.54. The number of rotatable bonds is 4. The number of amides is 1. The van der Waals surface area contributed by atoms with Crippen LogP contribution in [-0.2, 0) is 20.5 Å². The Labute approximate surface area is 155 Å². The van der Waals surface area contributed by atoms with Crippen molar-refractivity contribution in [3.63, 3.8) is 0 Å². The van der Waals surface area contributed by atoms with Crippen LogP contribution in [0.4, 0.5) is 13.2 Å². The zero-order valence-corrected chi connectivity index (χ0v) is 15.5. The molecule has 27 heavy (non-hydrogen) atoms. The molecule has 1 atom stereocenters. The van der Waals surface area contributed by atoms with Gasteiger partial charge in [0.15, 0.2) is 0 Å². The molecule has 1 heterocycles. The second-order valence-electron chi connectivity index (χ2n) is 6.07. The lowest BCUT2D eigenvalue weighted by Gasteiger charge is -2.32. The number of esters is 1. The Morgan fingerprint density at radius 3 is 2.30 bits per heavy atom. The van der Waals surface area contributed by atoms with E-state index in [0.717, 1.165) is 13.2 Å². The summed E-state index contributed by atoms with van der Waals surface area (Å²) in [7, 11) is 1.15. The van der Waals surface area contributed by atoms with Crippen molar-refractivity contribution >= 4 is 11.9 Å². The predicted molar refractivity (Wildman–Crippen MR) is 93.4 cm³/mol. The molecule has 1 aliphatic rings. The van der Waals surface area contributed by atoms with Gasteiger partial charge < -0.3 is 15.4 Å². The van der Waals surface area contributed by atoms with E-state index in [4.69, 9.17) is 4.74 Å². The van der Waals surface area contributed by atoms with Crippen LogP contribution in [0, 0.1) is 0 Å². The molecule has 1 aromatic carbocycles. The van der Waals surface area contributed by atoms with E-state index < -0.39 is 29.5 Å². The number of carbonyl (C=O) groups is 2. The first-order valence-electron chi connectivity index (χ1n) is 8.34. The van der Waals surface area contributed by atoms with Crippen molar-refractivity contribution in [3.8, 4) is 0 Å². The summed E-state index contributed by atoms with van der Waals surface area (Å²) in [6.45, 7) is 5.14. The summed E-state index contributed by atoms with van der Waals surface area (Å²) in [6, 6.07) is 4.93. The fraction of sp³-hybridized carbons (Fsp3) is 0.368. The zero-order valence-electron chi connectivity index (χ0n) is 15.5. The zero-order chi connectivity index (χ0) is 20.4. The van der Waals surface area contributed by atoms with Crippen LogP contribution in [0.3, 0.4) is 0 Å². The second kappa shape index (κ2) is 7.85. The number of hydrogen-bond donors (Lipinski definition) is 2. The van der Waals surface area contributed by atoms with Gasteiger partial charge in [-0.25, -0.2) is 4.79 Å². The molecule has 0 radical (unpaired) electrons. The van der Waals surface area contributed by atoms with Gasteiger partial charge in [0.1, 0.15) is 0 Å². The van der Waals surface area contributed by atoms with Gasteiger partial charge in [-0.15, -0.1) is 0 Å². The highest BCUT2D eigenvalue weighted by atomic mass is 19.4. The number of halogens is 3. The predicted octanol–water partition coefficient (Wildman–Crippen LogP) is 3.25. The molecule has 0 spiro atoms. The smallest absolute Gasteiger partial charge is 0.416 e. The average Bonchev–Trinajstić information content (AvgIpc) is 2.59. The maximum absolute atomic E-state index is 13.6. The number of dihydropyridines is 1. The molecule has 0 aliphatic carbocycles. The Morgan fingerprint density at radius 1 is 1.15 bits per heavy atom. The van der Waals surface area contributed by atoms with Crippen LogP contribution in [0.2, 0.25) is 0 Å². The molecule has 2 N–H and O–H groups in total. The van der Waals surface area contributed by atoms with E-state index in [1.165, 1.54) is 18.2 Å². The molecule has 2 rings (SSSR count). The molecule has 0 saturated carbocycles. The van der Waals surface area contributed by atoms with E-state index in [0.29, 0.717) is 17.9 Å². The number of methoxy groups -OCH3 is 1. The van der Waals surface area contributed by atoms with Crippen LogP contribution >= 0.6 is 0 Å². The van der Waals surface area contributed by atoms with E-state index in [1.807, 2.05) is 0 Å². The number of alkyl halides is 3. The van der Waals surface area contributed by atoms with Crippen molar-refractivity contribution in [1.29, 1.82) is 0 Å². The summed E-state index contributed by atoms with van der Waals surface area (Å²) >= 11 is 0. The topological polar surface area (TPSA) is 67.4 Å². The van der Waals surface area contributed by atoms with Crippen molar-refractivity contribution in [3.05, 3.63) is 57.9 Å². The fourth-order valence-corrected chi connectivity index (χ4v) is 3.25. The van der Waals surface area contributed by atoms with Crippen molar-refractivity contribution in [2.45, 2.75) is 32.9 Å². The van der Waals surface area contributed by atoms with E-state index in [2.05, 4.69) is 10.6 Å². The maximum atomic E-state index is 13.6. The third-order valence-electron chi connectivity index (χ3n) is 4.32. The number of likely N-dealkylation sites (N-methyl/N-ethyl adjacent to an activating group) is 1. The van der Waals surface area contributed by atoms with E-state index in [-0.39, 0.29) is 16.7 Å². The van der Waals surface area contributed by atoms with Gasteiger partial charge in [-0.3, -0.25) is 4.79 Å². The highest BCUT2D eigenvalue weighted by Gasteiger charge is 2.42. The van der Waals surface area contributed by atoms with Gasteiger partial charge in [0.25, 0.3) is 0 Å². The van der Waals surface area contributed by atoms with Crippen LogP contribution in [0.15, 0.2) is 46.8 Å². The molecular formula is C19H21F3N2O3. The third kappa shape index (κ3) is 3.99. The van der Waals surface area contributed by atoms with Crippen LogP contribution in [0.1, 0.15) is 37.8 Å². The van der Waals surface area contributed by atoms with E-state index in [9.17, 15) is 22.8 Å². The normalized spacial score (nSPS) is 17.5. The third-order valence-corrected chi connectivity index (χ3v) is 4.32. The van der Waals surface area contributed by atoms with Gasteiger partial charge in [0, 0.05) is 23.5 Å². The summed E-state index contributed by atoms with van der Waals surface area (Å²) in [5.41, 5.74) is -0.324. The van der Waals surface area contributed by atoms with Crippen molar-refractivity contribution < 1.29 is 27.5 Å². The molecule has 0 saturated heterocycles. The van der Waals surface area contributed by atoms with Gasteiger partial charge in [-0.1, -0.05) is 18.2 Å². The summed E-state index contributed by atoms with van der Waals surface area (Å²) in [4.78, 5) is 25.1. The number of ether oxygens (including phenoxy) is 1. The highest BCUT2D eigenvalue weighted by Crippen LogP contribution is 2.44. The number of benzene rings is 1. The summed E-state index contributed by atoms with van der Waals surface area (Å²) < 4.78 is 45.6. The van der Waals surface area contributed by atoms with Gasteiger partial charge in [-0.2, -0.15) is 13.2 Å². The highest BCUT2D eigenvalue weighted by molar-refractivity contribution is 6.02. The SMILES string of the molecule is CCNC(=O)C1=C(C)NC(C)=C(C(=O)OC)[C@H]1c1ccccc1C(F)(F)F. The molecule has 0 aromatic heterocycles. The Kier molecular flexibility index (Phi) is 5.98. The van der Waals surface area contributed by atoms with Gasteiger partial charge in [0.2, 0.25) is 5.91 Å². The minimum atomic E-state index is -4.64. The molecule has 0 bridgehead atoms. The molecule has 0 fully saturated rings. The lowest BCUT2D eigenvalue weighted by molar-refractivity contribution is -0.139. The van der Waals surface area contributed by atoms with Gasteiger partial charge in [-0.05, 0) is 32.4 Å². The molecular weight excluding hydrogens is 361 g/mol. The standard InChI is InChI=1S/C19H21F3N2O3/c1-5-23-17(25)14-10(2)24-11(3)15(18(26)27-4)16(14)12-8-6-7-9-13(12)19(20,21)22/h6-9,16,24H,5H2,1-4H3,(H,23,25)/t16-/m0/s1. The average molecular weight is 382 g/mol. The van der Waals surface area contributed by atoms with Crippen LogP contribution in [0.25, 0.3) is 0 Å². The molecule has 1 aliphatic heterocycles. The molecule has 8 heteroatoms. The lowest BCUT2D eigenvalue weighted by Crippen LogP contribution is -2.37. The van der Waals surface area contributed by atoms with Crippen molar-refractivity contribution in [2.75, 3.05) is 13.7 Å². The van der Waals surface area contributed by atoms with Gasteiger partial charge in [0.05, 0.1) is 24.2 Å². The second-order valence-corrected chi connectivity index (χ2v) is 6.07.